The molecular weight excluding hydrogens is 403 g/mol. The fraction of sp³-hybridized carbons (Fsp3) is 0.158. The molecule has 0 radical (unpaired) electrons. The zero-order valence-electron chi connectivity index (χ0n) is 15.6. The molecule has 0 aliphatic rings. The number of anilines is 2. The van der Waals surface area contributed by atoms with E-state index < -0.39 is 27.1 Å². The molecule has 3 aromatic rings. The number of benzene rings is 2. The number of aromatic nitrogens is 2. The Morgan fingerprint density at radius 1 is 1.07 bits per heavy atom. The monoisotopic (exact) mass is 421 g/mol. The van der Waals surface area contributed by atoms with E-state index in [0.29, 0.717) is 11.3 Å². The molecule has 3 rings (SSSR count). The Morgan fingerprint density at radius 3 is 2.52 bits per heavy atom. The molecule has 0 bridgehead atoms. The molecule has 152 valence electrons. The zero-order chi connectivity index (χ0) is 21.2. The smallest absolute Gasteiger partial charge is 0.227 e. The number of ether oxygens (including phenoxy) is 1. The summed E-state index contributed by atoms with van der Waals surface area (Å²) in [6.45, 7) is 0. The van der Waals surface area contributed by atoms with Crippen molar-refractivity contribution in [2.24, 2.45) is 0 Å². The van der Waals surface area contributed by atoms with Crippen LogP contribution in [-0.4, -0.2) is 23.3 Å². The summed E-state index contributed by atoms with van der Waals surface area (Å²) in [5.41, 5.74) is 0.912. The summed E-state index contributed by atoms with van der Waals surface area (Å²) in [5.74, 6) is -1.62. The van der Waals surface area contributed by atoms with Gasteiger partial charge in [0.15, 0.2) is 5.82 Å². The average Bonchev–Trinajstić information content (AvgIpc) is 2.61. The number of rotatable bonds is 6. The van der Waals surface area contributed by atoms with Crippen LogP contribution in [-0.2, 0) is 15.4 Å². The predicted molar refractivity (Wildman–Crippen MR) is 106 cm³/mol. The van der Waals surface area contributed by atoms with Gasteiger partial charge in [0.05, 0.1) is 13.3 Å². The van der Waals surface area contributed by atoms with Gasteiger partial charge in [-0.2, -0.15) is 0 Å². The second-order valence-electron chi connectivity index (χ2n) is 6.44. The van der Waals surface area contributed by atoms with Gasteiger partial charge < -0.3 is 10.1 Å². The Morgan fingerprint density at radius 2 is 1.83 bits per heavy atom. The van der Waals surface area contributed by atoms with E-state index in [-0.39, 0.29) is 28.7 Å². The van der Waals surface area contributed by atoms with E-state index in [1.165, 1.54) is 31.6 Å². The molecule has 0 amide bonds. The first-order valence-corrected chi connectivity index (χ1v) is 10.5. The third kappa shape index (κ3) is 5.23. The highest BCUT2D eigenvalue weighted by atomic mass is 32.2. The molecule has 0 unspecified atom stereocenters. The van der Waals surface area contributed by atoms with Crippen molar-refractivity contribution in [2.75, 3.05) is 18.7 Å². The molecule has 0 spiro atoms. The van der Waals surface area contributed by atoms with Crippen molar-refractivity contribution in [1.29, 1.82) is 9.56 Å². The first-order valence-electron chi connectivity index (χ1n) is 8.33. The van der Waals surface area contributed by atoms with Gasteiger partial charge in [-0.3, -0.25) is 9.56 Å². The summed E-state index contributed by atoms with van der Waals surface area (Å²) in [4.78, 5) is 7.98. The first kappa shape index (κ1) is 20.6. The lowest BCUT2D eigenvalue weighted by Gasteiger charge is -2.12. The molecule has 0 saturated carbocycles. The molecule has 0 saturated heterocycles. The fourth-order valence-electron chi connectivity index (χ4n) is 2.75. The van der Waals surface area contributed by atoms with E-state index >= 15 is 0 Å². The van der Waals surface area contributed by atoms with Crippen molar-refractivity contribution < 1.29 is 17.9 Å². The molecule has 6 nitrogen and oxygen atoms in total. The van der Waals surface area contributed by atoms with Gasteiger partial charge in [-0.1, -0.05) is 9.62 Å². The van der Waals surface area contributed by atoms with Crippen LogP contribution in [0, 0.1) is 27.0 Å². The number of nitrogens with one attached hydrogen (secondary N) is 3. The van der Waals surface area contributed by atoms with E-state index in [2.05, 4.69) is 15.3 Å². The first-order chi connectivity index (χ1) is 13.6. The Bertz CT molecular complexity index is 1170. The molecule has 0 aliphatic carbocycles. The topological polar surface area (TPSA) is 94.7 Å². The van der Waals surface area contributed by atoms with Crippen LogP contribution in [0.5, 0.6) is 5.75 Å². The normalized spacial score (nSPS) is 11.3. The van der Waals surface area contributed by atoms with Gasteiger partial charge in [0.2, 0.25) is 5.95 Å². The summed E-state index contributed by atoms with van der Waals surface area (Å²) < 4.78 is 62.3. The van der Waals surface area contributed by atoms with Crippen LogP contribution >= 0.6 is 0 Å². The number of hydrogen-bond donors (Lipinski definition) is 3. The van der Waals surface area contributed by atoms with E-state index in [1.807, 2.05) is 0 Å². The van der Waals surface area contributed by atoms with E-state index in [0.717, 1.165) is 18.3 Å². The second-order valence-corrected chi connectivity index (χ2v) is 8.90. The number of halogens is 3. The van der Waals surface area contributed by atoms with Crippen molar-refractivity contribution in [2.45, 2.75) is 5.75 Å². The van der Waals surface area contributed by atoms with E-state index in [1.54, 1.807) is 6.07 Å². The van der Waals surface area contributed by atoms with Crippen molar-refractivity contribution >= 4 is 21.3 Å². The maximum atomic E-state index is 14.3. The fourth-order valence-corrected chi connectivity index (χ4v) is 3.58. The van der Waals surface area contributed by atoms with Crippen LogP contribution in [0.3, 0.4) is 0 Å². The predicted octanol–water partition coefficient (Wildman–Crippen LogP) is 5.12. The third-order valence-electron chi connectivity index (χ3n) is 3.83. The van der Waals surface area contributed by atoms with Gasteiger partial charge in [-0.25, -0.2) is 23.1 Å². The molecule has 3 N–H and O–H groups in total. The average molecular weight is 421 g/mol. The Hall–Kier alpha value is -3.14. The maximum Gasteiger partial charge on any atom is 0.227 e. The summed E-state index contributed by atoms with van der Waals surface area (Å²) >= 11 is 0. The van der Waals surface area contributed by atoms with Crippen LogP contribution in [0.1, 0.15) is 5.56 Å². The molecule has 0 fully saturated rings. The quantitative estimate of drug-likeness (QED) is 0.515. The Balaban J connectivity index is 1.97. The van der Waals surface area contributed by atoms with E-state index in [4.69, 9.17) is 14.3 Å². The summed E-state index contributed by atoms with van der Waals surface area (Å²) in [6, 6.07) is 7.67. The Labute approximate surface area is 166 Å². The van der Waals surface area contributed by atoms with Crippen LogP contribution < -0.4 is 10.1 Å². The van der Waals surface area contributed by atoms with Gasteiger partial charge in [-0.05, 0) is 35.9 Å². The van der Waals surface area contributed by atoms with Gasteiger partial charge in [-0.15, -0.1) is 0 Å². The lowest BCUT2D eigenvalue weighted by Crippen LogP contribution is -2.03. The molecule has 0 aliphatic heterocycles. The van der Waals surface area contributed by atoms with Gasteiger partial charge in [0.1, 0.15) is 23.1 Å². The van der Waals surface area contributed by atoms with Crippen LogP contribution in [0.2, 0.25) is 0 Å². The minimum absolute atomic E-state index is 0.00353. The number of methoxy groups -OCH3 is 1. The Kier molecular flexibility index (Phi) is 5.73. The van der Waals surface area contributed by atoms with E-state index in [9.17, 15) is 13.2 Å². The minimum Gasteiger partial charge on any atom is -0.496 e. The van der Waals surface area contributed by atoms with Crippen molar-refractivity contribution in [3.05, 3.63) is 65.6 Å². The highest BCUT2D eigenvalue weighted by Crippen LogP contribution is 2.31. The van der Waals surface area contributed by atoms with Gasteiger partial charge >= 0.3 is 0 Å². The second kappa shape index (κ2) is 8.08. The van der Waals surface area contributed by atoms with Crippen LogP contribution in [0.25, 0.3) is 11.3 Å². The summed E-state index contributed by atoms with van der Waals surface area (Å²) in [7, 11) is -1.03. The molecular formula is C19H18F3N5OS. The maximum absolute atomic E-state index is 14.3. The molecule has 1 heterocycles. The summed E-state index contributed by atoms with van der Waals surface area (Å²) in [6.07, 6.45) is 2.43. The molecule has 10 heteroatoms. The SMILES string of the molecule is COc1cc(F)ccc1-c1nc(Nc2cc(F)cc(CS(C)(=N)=N)c2)ncc1F. The molecule has 0 atom stereocenters. The number of nitrogens with zero attached hydrogens (tertiary/aromatic N) is 2. The van der Waals surface area contributed by atoms with Crippen LogP contribution in [0.15, 0.2) is 42.6 Å². The lowest BCUT2D eigenvalue weighted by molar-refractivity contribution is 0.412. The third-order valence-corrected chi connectivity index (χ3v) is 4.74. The van der Waals surface area contributed by atoms with Crippen molar-refractivity contribution in [1.82, 2.24) is 9.97 Å². The standard InChI is InChI=1S/C19H18F3N5OS/c1-28-17-8-12(20)3-4-15(17)18-16(22)9-25-19(27-18)26-14-6-11(5-13(21)7-14)10-29(2,23)24/h3-9,23-24H,10H2,1-2H3,(H,25,26,27). The molecule has 29 heavy (non-hydrogen) atoms. The minimum atomic E-state index is -2.36. The van der Waals surface area contributed by atoms with Gasteiger partial charge in [0.25, 0.3) is 0 Å². The van der Waals surface area contributed by atoms with Gasteiger partial charge in [0, 0.05) is 29.3 Å². The molecule has 2 aromatic carbocycles. The van der Waals surface area contributed by atoms with Crippen molar-refractivity contribution in [3.8, 4) is 17.0 Å². The molecule has 1 aromatic heterocycles. The van der Waals surface area contributed by atoms with Crippen molar-refractivity contribution in [3.63, 3.8) is 0 Å². The lowest BCUT2D eigenvalue weighted by atomic mass is 10.1. The highest BCUT2D eigenvalue weighted by Gasteiger charge is 2.15. The highest BCUT2D eigenvalue weighted by molar-refractivity contribution is 7.91. The summed E-state index contributed by atoms with van der Waals surface area (Å²) in [5, 5.41) is 2.80. The largest absolute Gasteiger partial charge is 0.496 e. The van der Waals surface area contributed by atoms with Crippen LogP contribution in [0.4, 0.5) is 24.8 Å². The zero-order valence-corrected chi connectivity index (χ0v) is 16.4. The number of hydrogen-bond acceptors (Lipinski definition) is 6.